The van der Waals surface area contributed by atoms with Gasteiger partial charge in [-0.3, -0.25) is 9.59 Å². The lowest BCUT2D eigenvalue weighted by Crippen LogP contribution is -2.57. The predicted molar refractivity (Wildman–Crippen MR) is 244 cm³/mol. The molecular formula is C51H89NO4. The van der Waals surface area contributed by atoms with Gasteiger partial charge in [0.1, 0.15) is 6.29 Å². The highest BCUT2D eigenvalue weighted by Crippen LogP contribution is 2.27. The summed E-state index contributed by atoms with van der Waals surface area (Å²) in [7, 11) is 0. The smallest absolute Gasteiger partial charge is 0.254 e. The van der Waals surface area contributed by atoms with Crippen LogP contribution in [0.2, 0.25) is 0 Å². The molecule has 0 aromatic heterocycles. The fraction of sp³-hybridized carbons (Fsp3) is 0.725. The Bertz CT molecular complexity index is 1060. The monoisotopic (exact) mass is 780 g/mol. The molecule has 0 aliphatic rings. The van der Waals surface area contributed by atoms with Gasteiger partial charge in [-0.05, 0) is 111 Å². The van der Waals surface area contributed by atoms with Gasteiger partial charge in [0.2, 0.25) is 0 Å². The van der Waals surface area contributed by atoms with Crippen molar-refractivity contribution in [3.05, 3.63) is 71.9 Å². The molecule has 0 aliphatic carbocycles. The van der Waals surface area contributed by atoms with Crippen molar-refractivity contribution in [2.75, 3.05) is 19.8 Å². The highest BCUT2D eigenvalue weighted by atomic mass is 16.7. The number of hydrogen-bond donors (Lipinski definition) is 0. The van der Waals surface area contributed by atoms with Crippen LogP contribution in [0.4, 0.5) is 0 Å². The van der Waals surface area contributed by atoms with Crippen molar-refractivity contribution in [2.24, 2.45) is 0 Å². The lowest BCUT2D eigenvalue weighted by atomic mass is 9.98. The minimum atomic E-state index is -0.725. The fourth-order valence-corrected chi connectivity index (χ4v) is 6.77. The largest absolute Gasteiger partial charge is 0.350 e. The van der Waals surface area contributed by atoms with Crippen molar-refractivity contribution >= 4 is 12.2 Å². The quantitative estimate of drug-likeness (QED) is 0.0156. The van der Waals surface area contributed by atoms with Gasteiger partial charge in [0, 0.05) is 30.9 Å². The Morgan fingerprint density at radius 3 is 1.32 bits per heavy atom. The summed E-state index contributed by atoms with van der Waals surface area (Å²) in [5, 5.41) is 0. The van der Waals surface area contributed by atoms with Crippen LogP contribution < -0.4 is 0 Å². The Balaban J connectivity index is 4.88. The van der Waals surface area contributed by atoms with E-state index in [9.17, 15) is 9.59 Å². The van der Waals surface area contributed by atoms with Crippen LogP contribution in [0.1, 0.15) is 209 Å². The Labute approximate surface area is 347 Å². The van der Waals surface area contributed by atoms with E-state index >= 15 is 0 Å². The maximum atomic E-state index is 13.9. The zero-order valence-corrected chi connectivity index (χ0v) is 37.8. The van der Waals surface area contributed by atoms with Crippen LogP contribution in [0.5, 0.6) is 0 Å². The van der Waals surface area contributed by atoms with Gasteiger partial charge in [-0.1, -0.05) is 159 Å². The Hall–Kier alpha value is -2.50. The van der Waals surface area contributed by atoms with E-state index in [4.69, 9.17) is 9.47 Å². The highest BCUT2D eigenvalue weighted by Gasteiger charge is 2.40. The average molecular weight is 780 g/mol. The van der Waals surface area contributed by atoms with Crippen LogP contribution in [0.15, 0.2) is 71.9 Å². The van der Waals surface area contributed by atoms with E-state index in [1.807, 2.05) is 38.7 Å². The molecule has 0 bridgehead atoms. The molecule has 0 rings (SSSR count). The zero-order chi connectivity index (χ0) is 41.4. The van der Waals surface area contributed by atoms with Crippen molar-refractivity contribution in [1.82, 2.24) is 4.90 Å². The molecule has 5 heteroatoms. The Morgan fingerprint density at radius 1 is 0.554 bits per heavy atom. The third-order valence-electron chi connectivity index (χ3n) is 10.4. The molecule has 0 unspecified atom stereocenters. The zero-order valence-electron chi connectivity index (χ0n) is 37.8. The van der Waals surface area contributed by atoms with E-state index in [2.05, 4.69) is 62.5 Å². The van der Waals surface area contributed by atoms with Gasteiger partial charge in [0.25, 0.3) is 5.91 Å². The number of ether oxygens (including phenoxy) is 2. The average Bonchev–Trinajstić information content (AvgIpc) is 3.19. The molecule has 1 amide bonds. The summed E-state index contributed by atoms with van der Waals surface area (Å²) < 4.78 is 13.0. The molecule has 0 heterocycles. The van der Waals surface area contributed by atoms with E-state index in [-0.39, 0.29) is 5.91 Å². The molecule has 0 saturated carbocycles. The molecule has 0 saturated heterocycles. The minimum absolute atomic E-state index is 0.161. The predicted octanol–water partition coefficient (Wildman–Crippen LogP) is 15.1. The number of nitrogens with zero attached hydrogens (tertiary/aromatic N) is 1. The van der Waals surface area contributed by atoms with Gasteiger partial charge in [-0.25, -0.2) is 0 Å². The molecular weight excluding hydrogens is 691 g/mol. The molecule has 0 aromatic carbocycles. The van der Waals surface area contributed by atoms with Crippen LogP contribution >= 0.6 is 0 Å². The number of unbranched alkanes of at least 4 members (excludes halogenated alkanes) is 18. The summed E-state index contributed by atoms with van der Waals surface area (Å²) >= 11 is 0. The molecule has 0 aromatic rings. The molecule has 0 spiro atoms. The molecule has 322 valence electrons. The Morgan fingerprint density at radius 2 is 0.946 bits per heavy atom. The normalized spacial score (nSPS) is 13.1. The first-order valence-corrected chi connectivity index (χ1v) is 23.3. The standard InChI is InChI=1S/C51H89NO4/c1-8-12-15-17-19-21-23-25-27-29-31-33-35-37-39-41-44-55-50(51(6,7)52(11-4)49(54)48(43-14-10-3)47(5)46-53)56-45-42-40-38-36-34-32-30-28-26-24-22-20-18-16-13-9-2/h14,19-22,25-28,43,46,50H,8-13,15-18,23-24,29-42,44-45H2,1-7H3/b21-19-,22-20-,27-25-,28-26-,43-14-,48-47-. The molecule has 0 radical (unpaired) electrons. The third kappa shape index (κ3) is 28.8. The first-order valence-electron chi connectivity index (χ1n) is 23.3. The van der Waals surface area contributed by atoms with Crippen molar-refractivity contribution in [1.29, 1.82) is 0 Å². The second-order valence-corrected chi connectivity index (χ2v) is 16.0. The third-order valence-corrected chi connectivity index (χ3v) is 10.4. The van der Waals surface area contributed by atoms with E-state index < -0.39 is 11.8 Å². The molecule has 0 atom stereocenters. The number of hydrogen-bond acceptors (Lipinski definition) is 4. The number of carbonyl (C=O) groups excluding carboxylic acids is 2. The summed E-state index contributed by atoms with van der Waals surface area (Å²) in [5.41, 5.74) is 0.151. The number of likely N-dealkylation sites (N-methyl/N-ethyl adjacent to an activating group) is 1. The molecule has 0 aliphatic heterocycles. The number of allylic oxidation sites excluding steroid dienone is 10. The van der Waals surface area contributed by atoms with E-state index in [0.717, 1.165) is 51.2 Å². The van der Waals surface area contributed by atoms with Crippen LogP contribution in [0, 0.1) is 0 Å². The van der Waals surface area contributed by atoms with Crippen LogP contribution in [0.3, 0.4) is 0 Å². The number of aldehydes is 1. The molecule has 0 N–H and O–H groups in total. The summed E-state index contributed by atoms with van der Waals surface area (Å²) in [6, 6.07) is 0. The first kappa shape index (κ1) is 53.5. The molecule has 5 nitrogen and oxygen atoms in total. The van der Waals surface area contributed by atoms with Crippen molar-refractivity contribution < 1.29 is 19.1 Å². The second-order valence-electron chi connectivity index (χ2n) is 16.0. The fourth-order valence-electron chi connectivity index (χ4n) is 6.77. The van der Waals surface area contributed by atoms with E-state index in [1.165, 1.54) is 116 Å². The van der Waals surface area contributed by atoms with E-state index in [0.29, 0.717) is 30.9 Å². The number of rotatable bonds is 39. The topological polar surface area (TPSA) is 55.8 Å². The van der Waals surface area contributed by atoms with Gasteiger partial charge in [0.15, 0.2) is 6.29 Å². The SMILES string of the molecule is CC/C=C\C(C(=O)N(CC)C(C)(C)C(OCCCCCCCC/C=C\C/C=C\CCCCC)OCCCCCCCC/C=C\C/C=C\CCCCC)=C(/C)C=O. The van der Waals surface area contributed by atoms with Crippen molar-refractivity contribution in [3.63, 3.8) is 0 Å². The molecule has 0 fully saturated rings. The highest BCUT2D eigenvalue weighted by molar-refractivity contribution is 6.01. The maximum Gasteiger partial charge on any atom is 0.254 e. The van der Waals surface area contributed by atoms with Crippen LogP contribution in [-0.4, -0.2) is 48.7 Å². The molecule has 56 heavy (non-hydrogen) atoms. The van der Waals surface area contributed by atoms with Gasteiger partial charge >= 0.3 is 0 Å². The summed E-state index contributed by atoms with van der Waals surface area (Å²) in [6.07, 6.45) is 52.1. The van der Waals surface area contributed by atoms with Crippen molar-refractivity contribution in [2.45, 2.75) is 221 Å². The summed E-state index contributed by atoms with van der Waals surface area (Å²) in [5.74, 6) is -0.161. The van der Waals surface area contributed by atoms with E-state index in [1.54, 1.807) is 13.0 Å². The first-order chi connectivity index (χ1) is 27.3. The minimum Gasteiger partial charge on any atom is -0.350 e. The van der Waals surface area contributed by atoms with Crippen LogP contribution in [0.25, 0.3) is 0 Å². The van der Waals surface area contributed by atoms with Crippen molar-refractivity contribution in [3.8, 4) is 0 Å². The number of amides is 1. The maximum absolute atomic E-state index is 13.9. The Kier molecular flexibility index (Phi) is 37.6. The van der Waals surface area contributed by atoms with Gasteiger partial charge < -0.3 is 14.4 Å². The van der Waals surface area contributed by atoms with Gasteiger partial charge in [-0.15, -0.1) is 0 Å². The lowest BCUT2D eigenvalue weighted by molar-refractivity contribution is -0.207. The summed E-state index contributed by atoms with van der Waals surface area (Å²) in [4.78, 5) is 27.5. The second kappa shape index (κ2) is 39.3. The number of carbonyl (C=O) groups is 2. The van der Waals surface area contributed by atoms with Gasteiger partial charge in [0.05, 0.1) is 5.54 Å². The lowest BCUT2D eigenvalue weighted by Gasteiger charge is -2.43. The summed E-state index contributed by atoms with van der Waals surface area (Å²) in [6.45, 7) is 16.0. The van der Waals surface area contributed by atoms with Gasteiger partial charge in [-0.2, -0.15) is 0 Å². The van der Waals surface area contributed by atoms with Crippen LogP contribution in [-0.2, 0) is 19.1 Å².